The molecule has 0 bridgehead atoms. The van der Waals surface area contributed by atoms with Gasteiger partial charge < -0.3 is 102 Å². The summed E-state index contributed by atoms with van der Waals surface area (Å²) >= 11 is 0. The van der Waals surface area contributed by atoms with Crippen molar-refractivity contribution in [2.75, 3.05) is 39.3 Å². The lowest BCUT2D eigenvalue weighted by Gasteiger charge is -2.44. The van der Waals surface area contributed by atoms with Gasteiger partial charge in [-0.25, -0.2) is 14.6 Å². The second kappa shape index (κ2) is 30.3. The number of amides is 6. The number of nitrogens with two attached hydrogens (primary N) is 6. The van der Waals surface area contributed by atoms with Gasteiger partial charge in [-0.15, -0.1) is 0 Å². The molecule has 4 unspecified atom stereocenters. The quantitative estimate of drug-likeness (QED) is 0.0287. The molecule has 0 saturated carbocycles. The van der Waals surface area contributed by atoms with Gasteiger partial charge in [-0.2, -0.15) is 0 Å². The van der Waals surface area contributed by atoms with Crippen LogP contribution in [0.3, 0.4) is 0 Å². The standard InChI is InChI=1S/C39H74N14O13/c1-20(55)49-24(9-5-13-48-29(59)16-23(44)8-4-12-47-28(58)15-22(43)7-3-11-46-27(57)14-21(42)6-2-10-40)17-30(60)50-33-34(61)35(66-38(45)64)26(19-54)65-36(33)53-39-51-31(25(56)18-41)32(52-39)37(62)63/h21-26,31-36,54,56,61H,2-19,40-44H2,1H3,(H2,45,64)(H,46,57)(H,47,58)(H,48,59)(H,49,55)(H,50,60)(H,62,63)(H2,51,52,53)/t21?,22?,23?,24?,25-,26-,31-,32+,33-,34+,35+,36-/m1/s1. The van der Waals surface area contributed by atoms with Crippen LogP contribution in [0.25, 0.3) is 0 Å². The Morgan fingerprint density at radius 2 is 1.32 bits per heavy atom. The first-order valence-corrected chi connectivity index (χ1v) is 22.2. The van der Waals surface area contributed by atoms with Gasteiger partial charge >= 0.3 is 12.1 Å². The van der Waals surface area contributed by atoms with Crippen LogP contribution in [0.5, 0.6) is 0 Å². The molecule has 2 rings (SSSR count). The normalized spacial score (nSPS) is 23.7. The smallest absolute Gasteiger partial charge is 0.404 e. The molecule has 378 valence electrons. The summed E-state index contributed by atoms with van der Waals surface area (Å²) in [6, 6.07) is -5.96. The maximum Gasteiger partial charge on any atom is 0.404 e. The molecule has 2 aliphatic rings. The van der Waals surface area contributed by atoms with Crippen molar-refractivity contribution >= 4 is 47.6 Å². The zero-order valence-electron chi connectivity index (χ0n) is 37.5. The molecular formula is C39H74N14O13. The highest BCUT2D eigenvalue weighted by molar-refractivity contribution is 5.89. The minimum Gasteiger partial charge on any atom is -0.480 e. The third-order valence-electron chi connectivity index (χ3n) is 10.7. The molecule has 2 aliphatic heterocycles. The lowest BCUT2D eigenvalue weighted by atomic mass is 9.95. The summed E-state index contributed by atoms with van der Waals surface area (Å²) in [6.07, 6.45) is -4.67. The molecule has 23 N–H and O–H groups in total. The third kappa shape index (κ3) is 21.5. The predicted molar refractivity (Wildman–Crippen MR) is 237 cm³/mol. The van der Waals surface area contributed by atoms with E-state index in [-0.39, 0.29) is 81.0 Å². The van der Waals surface area contributed by atoms with Crippen molar-refractivity contribution in [2.45, 2.75) is 157 Å². The van der Waals surface area contributed by atoms with Gasteiger partial charge in [-0.1, -0.05) is 0 Å². The average molecular weight is 947 g/mol. The molecule has 1 fully saturated rings. The molecule has 0 aromatic rings. The number of carboxylic acid groups (broad SMARTS) is 1. The molecule has 27 heteroatoms. The van der Waals surface area contributed by atoms with Gasteiger partial charge in [0.15, 0.2) is 24.3 Å². The Morgan fingerprint density at radius 1 is 0.803 bits per heavy atom. The number of carbonyl (C=O) groups excluding carboxylic acids is 6. The topological polar surface area (TPSA) is 472 Å². The Hall–Kier alpha value is -5.00. The van der Waals surface area contributed by atoms with E-state index in [0.29, 0.717) is 58.2 Å². The minimum atomic E-state index is -1.76. The monoisotopic (exact) mass is 947 g/mol. The van der Waals surface area contributed by atoms with Crippen molar-refractivity contribution in [3.63, 3.8) is 0 Å². The highest BCUT2D eigenvalue weighted by Gasteiger charge is 2.49. The van der Waals surface area contributed by atoms with Crippen LogP contribution in [0.4, 0.5) is 4.79 Å². The number of hydrogen-bond acceptors (Lipinski definition) is 20. The van der Waals surface area contributed by atoms with Crippen LogP contribution < -0.4 is 71.6 Å². The third-order valence-corrected chi connectivity index (χ3v) is 10.7. The molecule has 0 aromatic heterocycles. The lowest BCUT2D eigenvalue weighted by molar-refractivity contribution is -0.198. The fraction of sp³-hybridized carbons (Fsp3) is 0.795. The fourth-order valence-electron chi connectivity index (χ4n) is 7.39. The molecule has 1 saturated heterocycles. The number of aliphatic hydroxyl groups is 3. The van der Waals surface area contributed by atoms with Crippen LogP contribution in [0.1, 0.15) is 84.0 Å². The number of aliphatic hydroxyl groups excluding tert-OH is 3. The summed E-state index contributed by atoms with van der Waals surface area (Å²) in [5.74, 6) is -3.46. The van der Waals surface area contributed by atoms with Crippen molar-refractivity contribution in [1.82, 2.24) is 37.2 Å². The summed E-state index contributed by atoms with van der Waals surface area (Å²) in [5.41, 5.74) is 34.3. The van der Waals surface area contributed by atoms with Gasteiger partial charge in [-0.3, -0.25) is 24.0 Å². The van der Waals surface area contributed by atoms with Crippen LogP contribution >= 0.6 is 0 Å². The summed E-state index contributed by atoms with van der Waals surface area (Å²) < 4.78 is 10.8. The largest absolute Gasteiger partial charge is 0.480 e. The minimum absolute atomic E-state index is 0.0122. The molecule has 0 spiro atoms. The number of rotatable bonds is 31. The Kier molecular flexibility index (Phi) is 26.2. The molecule has 12 atom stereocenters. The van der Waals surface area contributed by atoms with Crippen molar-refractivity contribution in [1.29, 1.82) is 0 Å². The Bertz CT molecular complexity index is 1600. The van der Waals surface area contributed by atoms with E-state index in [1.165, 1.54) is 6.92 Å². The van der Waals surface area contributed by atoms with Gasteiger partial charge in [0, 0.05) is 83.0 Å². The average Bonchev–Trinajstić information content (AvgIpc) is 3.67. The maximum absolute atomic E-state index is 13.5. The molecular weight excluding hydrogens is 873 g/mol. The summed E-state index contributed by atoms with van der Waals surface area (Å²) in [4.78, 5) is 90.0. The molecule has 0 aliphatic carbocycles. The van der Waals surface area contributed by atoms with E-state index < -0.39 is 91.3 Å². The SMILES string of the molecule is CC(=O)NC(CCCNC(=O)CC(N)CCCNC(=O)CC(N)CCCNC(=O)CC(N)CCCN)CC(=O)N[C@@H]1[C@H](O)[C@@H](OC(N)=O)[C@@H](CO)O[C@H]1NC1=N[C@H](C(=O)O)[C@@H]([C@H](O)CN)N1. The van der Waals surface area contributed by atoms with E-state index in [1.54, 1.807) is 0 Å². The van der Waals surface area contributed by atoms with E-state index in [0.717, 1.165) is 6.42 Å². The van der Waals surface area contributed by atoms with E-state index in [2.05, 4.69) is 42.2 Å². The van der Waals surface area contributed by atoms with Gasteiger partial charge in [0.25, 0.3) is 0 Å². The van der Waals surface area contributed by atoms with Gasteiger partial charge in [-0.05, 0) is 57.9 Å². The highest BCUT2D eigenvalue weighted by atomic mass is 16.6. The van der Waals surface area contributed by atoms with Gasteiger partial charge in [0.1, 0.15) is 18.2 Å². The number of nitrogens with one attached hydrogen (secondary N) is 7. The summed E-state index contributed by atoms with van der Waals surface area (Å²) in [5, 5.41) is 60.2. The second-order valence-corrected chi connectivity index (χ2v) is 16.5. The predicted octanol–water partition coefficient (Wildman–Crippen LogP) is -6.82. The van der Waals surface area contributed by atoms with Crippen molar-refractivity contribution in [3.05, 3.63) is 0 Å². The molecule has 0 aromatic carbocycles. The number of aliphatic carboxylic acids is 1. The molecule has 0 radical (unpaired) electrons. The second-order valence-electron chi connectivity index (χ2n) is 16.5. The van der Waals surface area contributed by atoms with Crippen LogP contribution in [0, 0.1) is 0 Å². The van der Waals surface area contributed by atoms with Crippen LogP contribution in [0.15, 0.2) is 4.99 Å². The number of guanidine groups is 1. The number of primary amides is 1. The van der Waals surface area contributed by atoms with Crippen LogP contribution in [-0.4, -0.2) is 180 Å². The zero-order chi connectivity index (χ0) is 49.3. The summed E-state index contributed by atoms with van der Waals surface area (Å²) in [7, 11) is 0. The van der Waals surface area contributed by atoms with E-state index in [4.69, 9.17) is 43.9 Å². The van der Waals surface area contributed by atoms with Crippen molar-refractivity contribution in [2.24, 2.45) is 39.4 Å². The summed E-state index contributed by atoms with van der Waals surface area (Å²) in [6.45, 7) is 1.63. The van der Waals surface area contributed by atoms with Gasteiger partial charge in [0.2, 0.25) is 29.5 Å². The number of hydrogen-bond donors (Lipinski definition) is 17. The number of aliphatic imine (C=N–C) groups is 1. The number of carbonyl (C=O) groups is 7. The van der Waals surface area contributed by atoms with E-state index in [9.17, 15) is 54.0 Å². The number of nitrogens with zero attached hydrogens (tertiary/aromatic N) is 1. The van der Waals surface area contributed by atoms with Crippen LogP contribution in [-0.2, 0) is 38.2 Å². The Morgan fingerprint density at radius 3 is 1.77 bits per heavy atom. The van der Waals surface area contributed by atoms with E-state index >= 15 is 0 Å². The first kappa shape index (κ1) is 57.1. The Labute approximate surface area is 383 Å². The molecule has 27 nitrogen and oxygen atoms in total. The fourth-order valence-corrected chi connectivity index (χ4v) is 7.39. The number of ether oxygens (including phenoxy) is 2. The maximum atomic E-state index is 13.5. The highest BCUT2D eigenvalue weighted by Crippen LogP contribution is 2.24. The first-order valence-electron chi connectivity index (χ1n) is 22.2. The molecule has 66 heavy (non-hydrogen) atoms. The van der Waals surface area contributed by atoms with E-state index in [1.807, 2.05) is 0 Å². The van der Waals surface area contributed by atoms with Crippen molar-refractivity contribution in [3.8, 4) is 0 Å². The number of carboxylic acids is 1. The Balaban J connectivity index is 1.82. The van der Waals surface area contributed by atoms with Crippen molar-refractivity contribution < 1.29 is 63.5 Å². The molecule has 2 heterocycles. The zero-order valence-corrected chi connectivity index (χ0v) is 37.5. The molecule has 6 amide bonds. The lowest BCUT2D eigenvalue weighted by Crippen LogP contribution is -2.69. The van der Waals surface area contributed by atoms with Gasteiger partial charge in [0.05, 0.1) is 18.8 Å². The first-order chi connectivity index (χ1) is 31.3. The van der Waals surface area contributed by atoms with Crippen LogP contribution in [0.2, 0.25) is 0 Å².